The lowest BCUT2D eigenvalue weighted by atomic mass is 9.95. The van der Waals surface area contributed by atoms with Gasteiger partial charge in [-0.25, -0.2) is 9.18 Å². The molecule has 4 aromatic rings. The standard InChI is InChI=1S/C27H24FN3O3S/c28-20-15-17(11-12-21(20)31-13-4-1-5-14-31)19-8-6-10-24(35-30-27(29)33)25(19)26(32)23-16-18-7-2-3-9-22(18)34-23/h2-3,6-12,15-16H,1,4-5,13-14H2,(H3,29,30,33). The normalized spacial score (nSPS) is 13.7. The molecule has 0 aliphatic carbocycles. The Bertz CT molecular complexity index is 1380. The first-order valence-corrected chi connectivity index (χ1v) is 12.3. The molecule has 0 radical (unpaired) electrons. The molecule has 5 rings (SSSR count). The van der Waals surface area contributed by atoms with Crippen molar-refractivity contribution in [2.45, 2.75) is 24.2 Å². The van der Waals surface area contributed by atoms with Crippen LogP contribution in [0.2, 0.25) is 0 Å². The largest absolute Gasteiger partial charge is 0.453 e. The molecule has 0 atom stereocenters. The van der Waals surface area contributed by atoms with Gasteiger partial charge < -0.3 is 15.1 Å². The van der Waals surface area contributed by atoms with Crippen LogP contribution in [0.3, 0.4) is 0 Å². The van der Waals surface area contributed by atoms with E-state index in [1.165, 1.54) is 6.07 Å². The Morgan fingerprint density at radius 3 is 2.51 bits per heavy atom. The van der Waals surface area contributed by atoms with Crippen molar-refractivity contribution in [1.29, 1.82) is 0 Å². The second-order valence-electron chi connectivity index (χ2n) is 8.44. The third-order valence-corrected chi connectivity index (χ3v) is 6.98. The third kappa shape index (κ3) is 4.74. The number of anilines is 1. The fraction of sp³-hybridized carbons (Fsp3) is 0.185. The molecule has 0 spiro atoms. The van der Waals surface area contributed by atoms with Crippen molar-refractivity contribution in [3.63, 3.8) is 0 Å². The van der Waals surface area contributed by atoms with Crippen LogP contribution in [-0.2, 0) is 0 Å². The number of nitrogens with one attached hydrogen (secondary N) is 1. The zero-order chi connectivity index (χ0) is 24.4. The molecule has 2 amide bonds. The third-order valence-electron chi connectivity index (χ3n) is 6.12. The Hall–Kier alpha value is -3.78. The van der Waals surface area contributed by atoms with Crippen molar-refractivity contribution >= 4 is 40.4 Å². The summed E-state index contributed by atoms with van der Waals surface area (Å²) in [5, 5.41) is 0.801. The Labute approximate surface area is 206 Å². The van der Waals surface area contributed by atoms with E-state index in [4.69, 9.17) is 10.2 Å². The zero-order valence-corrected chi connectivity index (χ0v) is 19.7. The number of carbonyl (C=O) groups is 2. The number of rotatable bonds is 6. The fourth-order valence-electron chi connectivity index (χ4n) is 4.48. The molecule has 2 heterocycles. The van der Waals surface area contributed by atoms with Crippen molar-refractivity contribution in [3.8, 4) is 11.1 Å². The van der Waals surface area contributed by atoms with Crippen LogP contribution in [0.4, 0.5) is 14.9 Å². The summed E-state index contributed by atoms with van der Waals surface area (Å²) >= 11 is 0.935. The molecule has 0 unspecified atom stereocenters. The Balaban J connectivity index is 1.59. The van der Waals surface area contributed by atoms with Crippen LogP contribution in [0.15, 0.2) is 76.0 Å². The van der Waals surface area contributed by atoms with Crippen molar-refractivity contribution in [1.82, 2.24) is 4.72 Å². The summed E-state index contributed by atoms with van der Waals surface area (Å²) in [5.74, 6) is -0.545. The number of benzene rings is 3. The van der Waals surface area contributed by atoms with Gasteiger partial charge in [0.25, 0.3) is 0 Å². The summed E-state index contributed by atoms with van der Waals surface area (Å²) in [6.07, 6.45) is 3.25. The maximum absolute atomic E-state index is 15.2. The minimum Gasteiger partial charge on any atom is -0.453 e. The molecule has 1 aromatic heterocycles. The minimum absolute atomic E-state index is 0.157. The molecule has 1 aliphatic heterocycles. The van der Waals surface area contributed by atoms with Gasteiger partial charge in [-0.1, -0.05) is 36.4 Å². The molecule has 1 fully saturated rings. The maximum atomic E-state index is 15.2. The number of furan rings is 1. The molecular weight excluding hydrogens is 465 g/mol. The van der Waals surface area contributed by atoms with Gasteiger partial charge in [0.1, 0.15) is 11.4 Å². The predicted molar refractivity (Wildman–Crippen MR) is 136 cm³/mol. The van der Waals surface area contributed by atoms with Crippen LogP contribution < -0.4 is 15.4 Å². The Kier molecular flexibility index (Phi) is 6.46. The summed E-state index contributed by atoms with van der Waals surface area (Å²) < 4.78 is 23.5. The topological polar surface area (TPSA) is 88.6 Å². The smallest absolute Gasteiger partial charge is 0.322 e. The maximum Gasteiger partial charge on any atom is 0.322 e. The van der Waals surface area contributed by atoms with Crippen LogP contribution in [0, 0.1) is 5.82 Å². The summed E-state index contributed by atoms with van der Waals surface area (Å²) in [6, 6.07) is 18.6. The van der Waals surface area contributed by atoms with Crippen LogP contribution in [0.25, 0.3) is 22.1 Å². The van der Waals surface area contributed by atoms with E-state index >= 15 is 4.39 Å². The van der Waals surface area contributed by atoms with Gasteiger partial charge in [0.15, 0.2) is 5.76 Å². The lowest BCUT2D eigenvalue weighted by Crippen LogP contribution is -2.30. The van der Waals surface area contributed by atoms with Crippen molar-refractivity contribution in [2.75, 3.05) is 18.0 Å². The fourth-order valence-corrected chi connectivity index (χ4v) is 5.14. The molecular formula is C27H24FN3O3S. The van der Waals surface area contributed by atoms with Gasteiger partial charge in [-0.2, -0.15) is 0 Å². The number of nitrogens with two attached hydrogens (primary N) is 1. The van der Waals surface area contributed by atoms with Crippen LogP contribution in [0.5, 0.6) is 0 Å². The van der Waals surface area contributed by atoms with Gasteiger partial charge >= 0.3 is 6.03 Å². The summed E-state index contributed by atoms with van der Waals surface area (Å²) in [4.78, 5) is 27.6. The number of hydrogen-bond donors (Lipinski definition) is 2. The first-order valence-electron chi connectivity index (χ1n) is 11.4. The van der Waals surface area contributed by atoms with Gasteiger partial charge in [0, 0.05) is 28.9 Å². The molecule has 6 nitrogen and oxygen atoms in total. The molecule has 0 saturated carbocycles. The van der Waals surface area contributed by atoms with Gasteiger partial charge in [-0.05, 0) is 72.7 Å². The second-order valence-corrected chi connectivity index (χ2v) is 9.29. The van der Waals surface area contributed by atoms with Gasteiger partial charge in [0.2, 0.25) is 5.78 Å². The van der Waals surface area contributed by atoms with Gasteiger partial charge in [0.05, 0.1) is 5.69 Å². The number of halogens is 1. The van der Waals surface area contributed by atoms with Gasteiger partial charge in [-0.15, -0.1) is 0 Å². The molecule has 0 bridgehead atoms. The van der Waals surface area contributed by atoms with E-state index in [0.717, 1.165) is 49.7 Å². The quantitative estimate of drug-likeness (QED) is 0.251. The average molecular weight is 490 g/mol. The molecule has 3 aromatic carbocycles. The van der Waals surface area contributed by atoms with E-state index < -0.39 is 6.03 Å². The number of carbonyl (C=O) groups excluding carboxylic acids is 2. The number of ketones is 1. The highest BCUT2D eigenvalue weighted by molar-refractivity contribution is 7.98. The molecule has 8 heteroatoms. The van der Waals surface area contributed by atoms with Crippen LogP contribution in [-0.4, -0.2) is 24.9 Å². The predicted octanol–water partition coefficient (Wildman–Crippen LogP) is 6.14. The summed E-state index contributed by atoms with van der Waals surface area (Å²) in [6.45, 7) is 1.66. The van der Waals surface area contributed by atoms with E-state index in [-0.39, 0.29) is 17.4 Å². The number of hydrogen-bond acceptors (Lipinski definition) is 5. The Morgan fingerprint density at radius 2 is 1.77 bits per heavy atom. The zero-order valence-electron chi connectivity index (χ0n) is 18.9. The Morgan fingerprint density at radius 1 is 0.971 bits per heavy atom. The lowest BCUT2D eigenvalue weighted by molar-refractivity contribution is 0.101. The molecule has 35 heavy (non-hydrogen) atoms. The minimum atomic E-state index is -0.737. The number of urea groups is 1. The van der Waals surface area contributed by atoms with Crippen molar-refractivity contribution < 1.29 is 18.4 Å². The second kappa shape index (κ2) is 9.84. The van der Waals surface area contributed by atoms with E-state index in [2.05, 4.69) is 9.62 Å². The van der Waals surface area contributed by atoms with Crippen molar-refractivity contribution in [3.05, 3.63) is 83.9 Å². The number of amides is 2. The lowest BCUT2D eigenvalue weighted by Gasteiger charge is -2.29. The number of piperidine rings is 1. The highest BCUT2D eigenvalue weighted by Gasteiger charge is 2.24. The van der Waals surface area contributed by atoms with E-state index in [1.54, 1.807) is 36.4 Å². The number of primary amides is 1. The molecule has 178 valence electrons. The summed E-state index contributed by atoms with van der Waals surface area (Å²) in [7, 11) is 0. The summed E-state index contributed by atoms with van der Waals surface area (Å²) in [5.41, 5.74) is 7.82. The van der Waals surface area contributed by atoms with E-state index in [9.17, 15) is 9.59 Å². The average Bonchev–Trinajstić information content (AvgIpc) is 3.32. The molecule has 1 saturated heterocycles. The monoisotopic (exact) mass is 489 g/mol. The molecule has 1 aliphatic rings. The highest BCUT2D eigenvalue weighted by Crippen LogP contribution is 2.36. The SMILES string of the molecule is NC(=O)NSc1cccc(-c2ccc(N3CCCCC3)c(F)c2)c1C(=O)c1cc2ccccc2o1. The highest BCUT2D eigenvalue weighted by atomic mass is 32.2. The number of nitrogens with zero attached hydrogens (tertiary/aromatic N) is 1. The van der Waals surface area contributed by atoms with Crippen molar-refractivity contribution in [2.24, 2.45) is 5.73 Å². The van der Waals surface area contributed by atoms with Crippen LogP contribution >= 0.6 is 11.9 Å². The van der Waals surface area contributed by atoms with Crippen LogP contribution in [0.1, 0.15) is 35.4 Å². The molecule has 3 N–H and O–H groups in total. The first-order chi connectivity index (χ1) is 17.0. The first kappa shape index (κ1) is 23.0. The number of para-hydroxylation sites is 1. The van der Waals surface area contributed by atoms with Gasteiger partial charge in [-0.3, -0.25) is 9.52 Å². The van der Waals surface area contributed by atoms with E-state index in [1.807, 2.05) is 24.3 Å². The van der Waals surface area contributed by atoms with E-state index in [0.29, 0.717) is 32.9 Å². The number of fused-ring (bicyclic) bond motifs is 1.